The highest BCUT2D eigenvalue weighted by atomic mass is 32.2. The van der Waals surface area contributed by atoms with Crippen molar-refractivity contribution >= 4 is 27.8 Å². The number of aromatic nitrogens is 2. The van der Waals surface area contributed by atoms with Crippen LogP contribution in [-0.4, -0.2) is 30.3 Å². The molecule has 1 amide bonds. The molecular formula is C29H22FN5O3S. The molecule has 0 radical (unpaired) electrons. The summed E-state index contributed by atoms with van der Waals surface area (Å²) in [5.74, 6) is -0.842. The molecule has 0 aliphatic carbocycles. The number of para-hydroxylation sites is 1. The highest BCUT2D eigenvalue weighted by Gasteiger charge is 2.14. The number of hydrazone groups is 1. The maximum Gasteiger partial charge on any atom is 0.271 e. The Morgan fingerprint density at radius 2 is 1.49 bits per heavy atom. The minimum atomic E-state index is -3.74. The summed E-state index contributed by atoms with van der Waals surface area (Å²) in [5, 5.41) is 8.72. The van der Waals surface area contributed by atoms with E-state index in [1.807, 2.05) is 30.3 Å². The van der Waals surface area contributed by atoms with Gasteiger partial charge < -0.3 is 0 Å². The molecule has 5 rings (SSSR count). The van der Waals surface area contributed by atoms with Gasteiger partial charge in [-0.2, -0.15) is 10.2 Å². The van der Waals surface area contributed by atoms with Gasteiger partial charge >= 0.3 is 0 Å². The van der Waals surface area contributed by atoms with Gasteiger partial charge in [0.15, 0.2) is 0 Å². The second-order valence-electron chi connectivity index (χ2n) is 8.42. The number of nitrogens with one attached hydrogen (secondary N) is 2. The first kappa shape index (κ1) is 25.6. The molecule has 39 heavy (non-hydrogen) atoms. The number of sulfonamides is 1. The van der Waals surface area contributed by atoms with Crippen LogP contribution in [0.5, 0.6) is 0 Å². The third-order valence-electron chi connectivity index (χ3n) is 5.70. The highest BCUT2D eigenvalue weighted by molar-refractivity contribution is 7.92. The lowest BCUT2D eigenvalue weighted by Crippen LogP contribution is -2.18. The van der Waals surface area contributed by atoms with E-state index in [1.54, 1.807) is 41.2 Å². The van der Waals surface area contributed by atoms with Crippen LogP contribution in [0.1, 0.15) is 15.9 Å². The molecule has 5 aromatic rings. The molecule has 1 aromatic heterocycles. The van der Waals surface area contributed by atoms with Crippen LogP contribution in [0.3, 0.4) is 0 Å². The van der Waals surface area contributed by atoms with Crippen molar-refractivity contribution in [2.45, 2.75) is 4.90 Å². The van der Waals surface area contributed by atoms with Crippen LogP contribution in [0.15, 0.2) is 125 Å². The molecule has 1 heterocycles. The van der Waals surface area contributed by atoms with E-state index in [4.69, 9.17) is 0 Å². The minimum absolute atomic E-state index is 0.136. The Kier molecular flexibility index (Phi) is 7.28. The Labute approximate surface area is 224 Å². The summed E-state index contributed by atoms with van der Waals surface area (Å²) < 4.78 is 42.6. The van der Waals surface area contributed by atoms with Gasteiger partial charge in [-0.1, -0.05) is 36.4 Å². The van der Waals surface area contributed by atoms with Gasteiger partial charge in [-0.25, -0.2) is 22.9 Å². The van der Waals surface area contributed by atoms with Gasteiger partial charge in [0.1, 0.15) is 11.5 Å². The molecule has 0 atom stereocenters. The molecule has 0 unspecified atom stereocenters. The first-order valence-electron chi connectivity index (χ1n) is 11.8. The van der Waals surface area contributed by atoms with Crippen molar-refractivity contribution in [3.05, 3.63) is 132 Å². The van der Waals surface area contributed by atoms with Crippen molar-refractivity contribution in [3.8, 4) is 16.9 Å². The standard InChI is InChI=1S/C29H22FN5O3S/c30-24-15-11-21(12-16-24)28-23(20-35(33-28)26-7-3-1-4-8-26)19-31-32-29(36)22-13-17-25(18-14-22)34-39(37,38)27-9-5-2-6-10-27/h1-20,34H,(H,32,36). The molecule has 0 aliphatic heterocycles. The fourth-order valence-corrected chi connectivity index (χ4v) is 4.83. The van der Waals surface area contributed by atoms with Gasteiger partial charge in [-0.15, -0.1) is 0 Å². The van der Waals surface area contributed by atoms with Crippen molar-refractivity contribution in [2.24, 2.45) is 5.10 Å². The van der Waals surface area contributed by atoms with E-state index in [9.17, 15) is 17.6 Å². The number of nitrogens with zero attached hydrogens (tertiary/aromatic N) is 3. The van der Waals surface area contributed by atoms with Crippen LogP contribution >= 0.6 is 0 Å². The molecule has 0 fully saturated rings. The third kappa shape index (κ3) is 6.08. The zero-order valence-corrected chi connectivity index (χ0v) is 21.2. The zero-order valence-electron chi connectivity index (χ0n) is 20.4. The molecule has 2 N–H and O–H groups in total. The fraction of sp³-hybridized carbons (Fsp3) is 0. The van der Waals surface area contributed by atoms with Gasteiger partial charge in [0.2, 0.25) is 0 Å². The molecule has 0 saturated heterocycles. The molecule has 0 spiro atoms. The molecule has 8 nitrogen and oxygen atoms in total. The second-order valence-corrected chi connectivity index (χ2v) is 10.1. The van der Waals surface area contributed by atoms with Crippen LogP contribution < -0.4 is 10.1 Å². The Morgan fingerprint density at radius 3 is 2.15 bits per heavy atom. The Hall–Kier alpha value is -5.09. The lowest BCUT2D eigenvalue weighted by Gasteiger charge is -2.08. The predicted octanol–water partition coefficient (Wildman–Crippen LogP) is 5.24. The summed E-state index contributed by atoms with van der Waals surface area (Å²) in [7, 11) is -3.74. The molecule has 0 bridgehead atoms. The van der Waals surface area contributed by atoms with Crippen LogP contribution in [0.2, 0.25) is 0 Å². The number of benzene rings is 4. The Balaban J connectivity index is 1.31. The van der Waals surface area contributed by atoms with E-state index in [2.05, 4.69) is 20.3 Å². The number of carbonyl (C=O) groups is 1. The Morgan fingerprint density at radius 1 is 0.846 bits per heavy atom. The van der Waals surface area contributed by atoms with E-state index in [0.29, 0.717) is 22.5 Å². The molecule has 4 aromatic carbocycles. The summed E-state index contributed by atoms with van der Waals surface area (Å²) in [6.45, 7) is 0. The van der Waals surface area contributed by atoms with Crippen molar-refractivity contribution < 1.29 is 17.6 Å². The highest BCUT2D eigenvalue weighted by Crippen LogP contribution is 2.23. The molecular weight excluding hydrogens is 517 g/mol. The number of rotatable bonds is 8. The topological polar surface area (TPSA) is 105 Å². The predicted molar refractivity (Wildman–Crippen MR) is 148 cm³/mol. The summed E-state index contributed by atoms with van der Waals surface area (Å²) >= 11 is 0. The first-order chi connectivity index (χ1) is 18.9. The number of carbonyl (C=O) groups excluding carboxylic acids is 1. The van der Waals surface area contributed by atoms with Crippen molar-refractivity contribution in [1.29, 1.82) is 0 Å². The number of halogens is 1. The van der Waals surface area contributed by atoms with E-state index in [-0.39, 0.29) is 16.3 Å². The van der Waals surface area contributed by atoms with E-state index < -0.39 is 15.9 Å². The number of hydrogen-bond acceptors (Lipinski definition) is 5. The van der Waals surface area contributed by atoms with E-state index in [1.165, 1.54) is 54.7 Å². The molecule has 10 heteroatoms. The lowest BCUT2D eigenvalue weighted by atomic mass is 10.1. The van der Waals surface area contributed by atoms with Gasteiger partial charge in [0, 0.05) is 28.6 Å². The smallest absolute Gasteiger partial charge is 0.271 e. The monoisotopic (exact) mass is 539 g/mol. The SMILES string of the molecule is O=C(NN=Cc1cn(-c2ccccc2)nc1-c1ccc(F)cc1)c1ccc(NS(=O)(=O)c2ccccc2)cc1. The Bertz CT molecular complexity index is 1720. The van der Waals surface area contributed by atoms with Gasteiger partial charge in [-0.05, 0) is 72.8 Å². The number of hydrogen-bond donors (Lipinski definition) is 2. The fourth-order valence-electron chi connectivity index (χ4n) is 3.76. The largest absolute Gasteiger partial charge is 0.280 e. The maximum absolute atomic E-state index is 13.5. The van der Waals surface area contributed by atoms with Gasteiger partial charge in [0.05, 0.1) is 16.8 Å². The average Bonchev–Trinajstić information content (AvgIpc) is 3.39. The lowest BCUT2D eigenvalue weighted by molar-refractivity contribution is 0.0955. The van der Waals surface area contributed by atoms with Crippen LogP contribution in [-0.2, 0) is 10.0 Å². The second kappa shape index (κ2) is 11.1. The summed E-state index contributed by atoms with van der Waals surface area (Å²) in [4.78, 5) is 12.8. The van der Waals surface area contributed by atoms with Crippen molar-refractivity contribution in [1.82, 2.24) is 15.2 Å². The molecule has 0 aliphatic rings. The maximum atomic E-state index is 13.5. The number of amides is 1. The molecule has 0 saturated carbocycles. The van der Waals surface area contributed by atoms with Crippen molar-refractivity contribution in [3.63, 3.8) is 0 Å². The van der Waals surface area contributed by atoms with Gasteiger partial charge in [0.25, 0.3) is 15.9 Å². The van der Waals surface area contributed by atoms with Crippen LogP contribution in [0, 0.1) is 5.82 Å². The summed E-state index contributed by atoms with van der Waals surface area (Å²) in [6, 6.07) is 29.4. The molecule has 194 valence electrons. The average molecular weight is 540 g/mol. The quantitative estimate of drug-likeness (QED) is 0.208. The third-order valence-corrected chi connectivity index (χ3v) is 7.10. The number of anilines is 1. The van der Waals surface area contributed by atoms with Crippen LogP contribution in [0.25, 0.3) is 16.9 Å². The van der Waals surface area contributed by atoms with Gasteiger partial charge in [-0.3, -0.25) is 9.52 Å². The normalized spacial score (nSPS) is 11.4. The minimum Gasteiger partial charge on any atom is -0.280 e. The van der Waals surface area contributed by atoms with Crippen molar-refractivity contribution in [2.75, 3.05) is 4.72 Å². The zero-order chi connectivity index (χ0) is 27.2. The van der Waals surface area contributed by atoms with Crippen LogP contribution in [0.4, 0.5) is 10.1 Å². The van der Waals surface area contributed by atoms with E-state index >= 15 is 0 Å². The summed E-state index contributed by atoms with van der Waals surface area (Å²) in [6.07, 6.45) is 3.22. The summed E-state index contributed by atoms with van der Waals surface area (Å²) in [5.41, 5.74) is 5.76. The first-order valence-corrected chi connectivity index (χ1v) is 13.3. The van der Waals surface area contributed by atoms with E-state index in [0.717, 1.165) is 5.69 Å².